The van der Waals surface area contributed by atoms with Crippen molar-refractivity contribution in [1.29, 1.82) is 5.26 Å². The SMILES string of the molecule is N#CCc1ccc(NCC2(O)CCCC2)cc1. The van der Waals surface area contributed by atoms with E-state index in [9.17, 15) is 5.11 Å². The Labute approximate surface area is 102 Å². The predicted molar refractivity (Wildman–Crippen MR) is 67.7 cm³/mol. The Morgan fingerprint density at radius 1 is 1.24 bits per heavy atom. The highest BCUT2D eigenvalue weighted by Crippen LogP contribution is 2.29. The molecule has 0 radical (unpaired) electrons. The summed E-state index contributed by atoms with van der Waals surface area (Å²) >= 11 is 0. The highest BCUT2D eigenvalue weighted by Gasteiger charge is 2.30. The van der Waals surface area contributed by atoms with Crippen LogP contribution in [0.15, 0.2) is 24.3 Å². The van der Waals surface area contributed by atoms with E-state index < -0.39 is 5.60 Å². The molecule has 0 aliphatic heterocycles. The minimum absolute atomic E-state index is 0.449. The summed E-state index contributed by atoms with van der Waals surface area (Å²) in [6.07, 6.45) is 4.49. The van der Waals surface area contributed by atoms with Gasteiger partial charge in [0.25, 0.3) is 0 Å². The van der Waals surface area contributed by atoms with Crippen molar-refractivity contribution in [2.75, 3.05) is 11.9 Å². The molecule has 0 bridgehead atoms. The van der Waals surface area contributed by atoms with Gasteiger partial charge in [0.1, 0.15) is 0 Å². The molecule has 0 aromatic heterocycles. The van der Waals surface area contributed by atoms with Crippen molar-refractivity contribution in [1.82, 2.24) is 0 Å². The normalized spacial score (nSPS) is 17.6. The number of nitriles is 1. The number of rotatable bonds is 4. The van der Waals surface area contributed by atoms with Gasteiger partial charge in [-0.3, -0.25) is 0 Å². The molecule has 0 atom stereocenters. The molecule has 1 aliphatic rings. The lowest BCUT2D eigenvalue weighted by atomic mass is 10.0. The lowest BCUT2D eigenvalue weighted by Crippen LogP contribution is -2.33. The Bertz CT molecular complexity index is 399. The summed E-state index contributed by atoms with van der Waals surface area (Å²) in [4.78, 5) is 0. The lowest BCUT2D eigenvalue weighted by Gasteiger charge is -2.23. The van der Waals surface area contributed by atoms with E-state index in [0.29, 0.717) is 13.0 Å². The Morgan fingerprint density at radius 3 is 2.47 bits per heavy atom. The van der Waals surface area contributed by atoms with Crippen molar-refractivity contribution in [3.8, 4) is 6.07 Å². The van der Waals surface area contributed by atoms with Crippen LogP contribution < -0.4 is 5.32 Å². The Balaban J connectivity index is 1.89. The second-order valence-electron chi connectivity index (χ2n) is 4.82. The number of benzene rings is 1. The van der Waals surface area contributed by atoms with E-state index in [4.69, 9.17) is 5.26 Å². The summed E-state index contributed by atoms with van der Waals surface area (Å²) in [7, 11) is 0. The molecular weight excluding hydrogens is 212 g/mol. The molecule has 3 nitrogen and oxygen atoms in total. The van der Waals surface area contributed by atoms with Gasteiger partial charge in [0.15, 0.2) is 0 Å². The molecule has 1 aliphatic carbocycles. The number of hydrogen-bond donors (Lipinski definition) is 2. The van der Waals surface area contributed by atoms with Gasteiger partial charge in [0.05, 0.1) is 18.1 Å². The number of aliphatic hydroxyl groups is 1. The third-order valence-corrected chi connectivity index (χ3v) is 3.39. The summed E-state index contributed by atoms with van der Waals surface area (Å²) in [6, 6.07) is 9.95. The van der Waals surface area contributed by atoms with Gasteiger partial charge in [0.2, 0.25) is 0 Å². The number of hydrogen-bond acceptors (Lipinski definition) is 3. The quantitative estimate of drug-likeness (QED) is 0.835. The molecule has 0 spiro atoms. The zero-order valence-corrected chi connectivity index (χ0v) is 9.95. The average Bonchev–Trinajstić information content (AvgIpc) is 2.76. The van der Waals surface area contributed by atoms with Crippen molar-refractivity contribution in [3.05, 3.63) is 29.8 Å². The zero-order valence-electron chi connectivity index (χ0n) is 9.95. The molecular formula is C14H18N2O. The standard InChI is InChI=1S/C14H18N2O/c15-10-7-12-3-5-13(6-4-12)16-11-14(17)8-1-2-9-14/h3-6,16-17H,1-2,7-9,11H2. The molecule has 1 fully saturated rings. The first-order valence-corrected chi connectivity index (χ1v) is 6.14. The fourth-order valence-corrected chi connectivity index (χ4v) is 2.31. The van der Waals surface area contributed by atoms with Gasteiger partial charge in [0, 0.05) is 12.2 Å². The molecule has 0 heterocycles. The molecule has 90 valence electrons. The van der Waals surface area contributed by atoms with Gasteiger partial charge >= 0.3 is 0 Å². The summed E-state index contributed by atoms with van der Waals surface area (Å²) in [5, 5.41) is 22.0. The van der Waals surface area contributed by atoms with Crippen LogP contribution >= 0.6 is 0 Å². The maximum Gasteiger partial charge on any atom is 0.0819 e. The summed E-state index contributed by atoms with van der Waals surface area (Å²) < 4.78 is 0. The van der Waals surface area contributed by atoms with Crippen LogP contribution in [-0.4, -0.2) is 17.3 Å². The predicted octanol–water partition coefficient (Wildman–Crippen LogP) is 2.47. The molecule has 17 heavy (non-hydrogen) atoms. The maximum atomic E-state index is 10.2. The fourth-order valence-electron chi connectivity index (χ4n) is 2.31. The first-order chi connectivity index (χ1) is 8.22. The van der Waals surface area contributed by atoms with Crippen LogP contribution in [0, 0.1) is 11.3 Å². The highest BCUT2D eigenvalue weighted by molar-refractivity contribution is 5.45. The first kappa shape index (κ1) is 11.9. The van der Waals surface area contributed by atoms with Crippen LogP contribution in [0.2, 0.25) is 0 Å². The highest BCUT2D eigenvalue weighted by atomic mass is 16.3. The lowest BCUT2D eigenvalue weighted by molar-refractivity contribution is 0.0615. The maximum absolute atomic E-state index is 10.2. The topological polar surface area (TPSA) is 56.0 Å². The van der Waals surface area contributed by atoms with Gasteiger partial charge in [-0.1, -0.05) is 25.0 Å². The van der Waals surface area contributed by atoms with Crippen molar-refractivity contribution in [2.45, 2.75) is 37.7 Å². The second kappa shape index (κ2) is 5.20. The molecule has 0 unspecified atom stereocenters. The van der Waals surface area contributed by atoms with E-state index in [0.717, 1.165) is 36.9 Å². The molecule has 1 aromatic rings. The molecule has 1 aromatic carbocycles. The fraction of sp³-hybridized carbons (Fsp3) is 0.500. The molecule has 0 saturated heterocycles. The van der Waals surface area contributed by atoms with Crippen LogP contribution in [0.4, 0.5) is 5.69 Å². The Hall–Kier alpha value is -1.53. The van der Waals surface area contributed by atoms with Gasteiger partial charge in [-0.15, -0.1) is 0 Å². The van der Waals surface area contributed by atoms with E-state index in [1.165, 1.54) is 0 Å². The van der Waals surface area contributed by atoms with E-state index in [2.05, 4.69) is 11.4 Å². The van der Waals surface area contributed by atoms with Gasteiger partial charge in [-0.2, -0.15) is 5.26 Å². The summed E-state index contributed by atoms with van der Waals surface area (Å²) in [5.41, 5.74) is 1.51. The van der Waals surface area contributed by atoms with Crippen LogP contribution in [-0.2, 0) is 6.42 Å². The molecule has 0 amide bonds. The van der Waals surface area contributed by atoms with Crippen LogP contribution in [0.25, 0.3) is 0 Å². The number of anilines is 1. The van der Waals surface area contributed by atoms with Gasteiger partial charge in [-0.25, -0.2) is 0 Å². The third-order valence-electron chi connectivity index (χ3n) is 3.39. The first-order valence-electron chi connectivity index (χ1n) is 6.14. The molecule has 3 heteroatoms. The van der Waals surface area contributed by atoms with Crippen LogP contribution in [0.5, 0.6) is 0 Å². The van der Waals surface area contributed by atoms with Gasteiger partial charge in [-0.05, 0) is 30.5 Å². The number of nitrogens with one attached hydrogen (secondary N) is 1. The van der Waals surface area contributed by atoms with Crippen LogP contribution in [0.1, 0.15) is 31.2 Å². The van der Waals surface area contributed by atoms with Crippen molar-refractivity contribution < 1.29 is 5.11 Å². The van der Waals surface area contributed by atoms with Gasteiger partial charge < -0.3 is 10.4 Å². The van der Waals surface area contributed by atoms with Crippen LogP contribution in [0.3, 0.4) is 0 Å². The van der Waals surface area contributed by atoms with E-state index in [1.54, 1.807) is 0 Å². The third kappa shape index (κ3) is 3.21. The smallest absolute Gasteiger partial charge is 0.0819 e. The zero-order chi connectivity index (χ0) is 12.1. The number of nitrogens with zero attached hydrogens (tertiary/aromatic N) is 1. The minimum atomic E-state index is -0.522. The average molecular weight is 230 g/mol. The summed E-state index contributed by atoms with van der Waals surface area (Å²) in [6.45, 7) is 0.616. The second-order valence-corrected chi connectivity index (χ2v) is 4.82. The van der Waals surface area contributed by atoms with E-state index >= 15 is 0 Å². The van der Waals surface area contributed by atoms with Crippen molar-refractivity contribution >= 4 is 5.69 Å². The van der Waals surface area contributed by atoms with E-state index in [1.807, 2.05) is 24.3 Å². The molecule has 2 N–H and O–H groups in total. The molecule has 1 saturated carbocycles. The Kier molecular flexibility index (Phi) is 3.65. The van der Waals surface area contributed by atoms with Crippen molar-refractivity contribution in [2.24, 2.45) is 0 Å². The molecule has 2 rings (SSSR count). The monoisotopic (exact) mass is 230 g/mol. The van der Waals surface area contributed by atoms with Crippen molar-refractivity contribution in [3.63, 3.8) is 0 Å². The largest absolute Gasteiger partial charge is 0.388 e. The van der Waals surface area contributed by atoms with E-state index in [-0.39, 0.29) is 0 Å². The minimum Gasteiger partial charge on any atom is -0.388 e. The summed E-state index contributed by atoms with van der Waals surface area (Å²) in [5.74, 6) is 0. The Morgan fingerprint density at radius 2 is 1.88 bits per heavy atom.